The summed E-state index contributed by atoms with van der Waals surface area (Å²) < 4.78 is 16.9. The Balaban J connectivity index is 1.37. The number of nitrogens with zero attached hydrogens (tertiary/aromatic N) is 1. The molecule has 2 aromatic carbocycles. The Hall–Kier alpha value is -4.37. The fourth-order valence-corrected chi connectivity index (χ4v) is 6.55. The molecule has 1 aliphatic rings. The van der Waals surface area contributed by atoms with Crippen LogP contribution in [0.3, 0.4) is 0 Å². The third kappa shape index (κ3) is 7.17. The van der Waals surface area contributed by atoms with Crippen molar-refractivity contribution in [3.8, 4) is 11.5 Å². The number of aromatic carboxylic acids is 1. The number of hydrogen-bond donors (Lipinski definition) is 2. The largest absolute Gasteiger partial charge is 0.493 e. The first-order valence-corrected chi connectivity index (χ1v) is 15.1. The number of amides is 1. The van der Waals surface area contributed by atoms with Crippen molar-refractivity contribution in [1.29, 1.82) is 0 Å². The number of ether oxygens (including phenoxy) is 2. The van der Waals surface area contributed by atoms with Gasteiger partial charge in [-0.2, -0.15) is 0 Å². The number of hydrogen-bond acceptors (Lipinski definition) is 7. The average Bonchev–Trinajstić information content (AvgIpc) is 3.65. The molecule has 5 rings (SSSR count). The van der Waals surface area contributed by atoms with Crippen LogP contribution in [0.2, 0.25) is 0 Å². The van der Waals surface area contributed by atoms with Crippen molar-refractivity contribution in [2.45, 2.75) is 53.2 Å². The topological polar surface area (TPSA) is 110 Å². The number of fused-ring (bicyclic) bond motifs is 1. The molecular formula is C34H36N2O6S. The molecule has 2 aromatic heterocycles. The Morgan fingerprint density at radius 3 is 2.70 bits per heavy atom. The summed E-state index contributed by atoms with van der Waals surface area (Å²) in [6.07, 6.45) is 6.16. The highest BCUT2D eigenvalue weighted by atomic mass is 32.1. The molecule has 0 spiro atoms. The first-order chi connectivity index (χ1) is 20.6. The van der Waals surface area contributed by atoms with Gasteiger partial charge in [-0.05, 0) is 89.8 Å². The van der Waals surface area contributed by atoms with E-state index in [-0.39, 0.29) is 23.5 Å². The van der Waals surface area contributed by atoms with Gasteiger partial charge in [0, 0.05) is 11.1 Å². The Morgan fingerprint density at radius 1 is 1.14 bits per heavy atom. The maximum absolute atomic E-state index is 13.5. The first-order valence-electron chi connectivity index (χ1n) is 14.2. The van der Waals surface area contributed by atoms with E-state index >= 15 is 0 Å². The summed E-state index contributed by atoms with van der Waals surface area (Å²) in [5.41, 5.74) is 3.66. The van der Waals surface area contributed by atoms with Gasteiger partial charge in [0.15, 0.2) is 11.5 Å². The number of thiophene rings is 1. The van der Waals surface area contributed by atoms with E-state index in [4.69, 9.17) is 18.9 Å². The van der Waals surface area contributed by atoms with E-state index in [1.165, 1.54) is 4.88 Å². The molecular weight excluding hydrogens is 564 g/mol. The zero-order chi connectivity index (χ0) is 30.6. The zero-order valence-electron chi connectivity index (χ0n) is 24.8. The number of carbonyl (C=O) groups is 2. The number of benzene rings is 2. The van der Waals surface area contributed by atoms with Crippen molar-refractivity contribution in [3.05, 3.63) is 99.3 Å². The van der Waals surface area contributed by atoms with Crippen LogP contribution in [0, 0.1) is 11.3 Å². The molecule has 0 saturated carbocycles. The number of rotatable bonds is 10. The van der Waals surface area contributed by atoms with Crippen LogP contribution in [0.25, 0.3) is 0 Å². The van der Waals surface area contributed by atoms with Gasteiger partial charge in [-0.15, -0.1) is 11.3 Å². The highest BCUT2D eigenvalue weighted by Crippen LogP contribution is 2.45. The lowest BCUT2D eigenvalue weighted by atomic mass is 9.72. The van der Waals surface area contributed by atoms with Gasteiger partial charge in [-0.1, -0.05) is 32.9 Å². The molecule has 0 radical (unpaired) electrons. The minimum Gasteiger partial charge on any atom is -0.493 e. The van der Waals surface area contributed by atoms with E-state index in [1.807, 2.05) is 24.3 Å². The summed E-state index contributed by atoms with van der Waals surface area (Å²) in [5.74, 6) is 1.15. The molecule has 1 aliphatic carbocycles. The van der Waals surface area contributed by atoms with Crippen molar-refractivity contribution in [2.24, 2.45) is 16.3 Å². The van der Waals surface area contributed by atoms with Crippen molar-refractivity contribution in [1.82, 2.24) is 5.32 Å². The first kappa shape index (κ1) is 30.1. The lowest BCUT2D eigenvalue weighted by Gasteiger charge is -2.33. The van der Waals surface area contributed by atoms with Crippen molar-refractivity contribution >= 4 is 34.4 Å². The smallest absolute Gasteiger partial charge is 0.335 e. The molecule has 4 aromatic rings. The third-order valence-corrected chi connectivity index (χ3v) is 8.95. The summed E-state index contributed by atoms with van der Waals surface area (Å²) in [4.78, 5) is 30.8. The average molecular weight is 601 g/mol. The molecule has 8 nitrogen and oxygen atoms in total. The molecule has 0 saturated heterocycles. The minimum absolute atomic E-state index is 0.149. The molecule has 9 heteroatoms. The minimum atomic E-state index is -0.984. The molecule has 2 N–H and O–H groups in total. The summed E-state index contributed by atoms with van der Waals surface area (Å²) >= 11 is 1.59. The molecule has 1 amide bonds. The van der Waals surface area contributed by atoms with Crippen molar-refractivity contribution in [2.75, 3.05) is 7.11 Å². The van der Waals surface area contributed by atoms with Crippen LogP contribution >= 0.6 is 11.3 Å². The quantitative estimate of drug-likeness (QED) is 0.183. The Bertz CT molecular complexity index is 1630. The fraction of sp³-hybridized carbons (Fsp3) is 0.324. The summed E-state index contributed by atoms with van der Waals surface area (Å²) in [7, 11) is 1.56. The number of carboxylic acids is 1. The molecule has 0 fully saturated rings. The van der Waals surface area contributed by atoms with Crippen molar-refractivity contribution < 1.29 is 28.6 Å². The van der Waals surface area contributed by atoms with Crippen LogP contribution in [0.1, 0.15) is 75.2 Å². The monoisotopic (exact) mass is 600 g/mol. The Labute approximate surface area is 255 Å². The van der Waals surface area contributed by atoms with Crippen LogP contribution in [-0.4, -0.2) is 30.3 Å². The lowest BCUT2D eigenvalue weighted by Crippen LogP contribution is -2.28. The zero-order valence-corrected chi connectivity index (χ0v) is 25.6. The molecule has 43 heavy (non-hydrogen) atoms. The van der Waals surface area contributed by atoms with E-state index in [2.05, 4.69) is 26.1 Å². The van der Waals surface area contributed by atoms with Crippen molar-refractivity contribution in [3.63, 3.8) is 0 Å². The van der Waals surface area contributed by atoms with Crippen LogP contribution in [0.4, 0.5) is 5.00 Å². The number of carboxylic acid groups (broad SMARTS) is 1. The van der Waals surface area contributed by atoms with Gasteiger partial charge < -0.3 is 24.3 Å². The predicted octanol–water partition coefficient (Wildman–Crippen LogP) is 7.46. The molecule has 2 heterocycles. The molecule has 1 atom stereocenters. The molecule has 224 valence electrons. The second kappa shape index (κ2) is 12.9. The fourth-order valence-electron chi connectivity index (χ4n) is 5.28. The highest BCUT2D eigenvalue weighted by molar-refractivity contribution is 7.16. The number of carbonyl (C=O) groups excluding carboxylic acids is 1. The standard InChI is InChI=1S/C34H36N2O6S/c1-34(2,3)24-11-12-26-29(17-24)43-32(30(26)31(37)35-19-25-9-6-14-41-25)36-18-21-10-13-27(28(16-21)40-4)42-20-22-7-5-8-23(15-22)33(38)39/h5-10,13-16,18,24H,11-12,17,19-20H2,1-4H3,(H,35,37)(H,38,39)/t24-/m0/s1. The van der Waals surface area contributed by atoms with E-state index in [1.54, 1.807) is 61.3 Å². The second-order valence-electron chi connectivity index (χ2n) is 11.7. The van der Waals surface area contributed by atoms with Gasteiger partial charge >= 0.3 is 5.97 Å². The Morgan fingerprint density at radius 2 is 1.98 bits per heavy atom. The van der Waals surface area contributed by atoms with Gasteiger partial charge in [-0.25, -0.2) is 9.79 Å². The SMILES string of the molecule is COc1cc(C=Nc2sc3c(c2C(=O)NCc2ccco2)CC[C@H](C(C)(C)C)C3)ccc1OCc1cccc(C(=O)O)c1. The number of nitrogens with one attached hydrogen (secondary N) is 1. The van der Waals surface area contributed by atoms with Crippen LogP contribution < -0.4 is 14.8 Å². The molecule has 0 aliphatic heterocycles. The third-order valence-electron chi connectivity index (χ3n) is 7.79. The van der Waals surface area contributed by atoms with E-state index in [9.17, 15) is 14.7 Å². The molecule has 0 bridgehead atoms. The van der Waals surface area contributed by atoms with Gasteiger partial charge in [0.1, 0.15) is 17.4 Å². The summed E-state index contributed by atoms with van der Waals surface area (Å²) in [5, 5.41) is 12.9. The van der Waals surface area contributed by atoms with Gasteiger partial charge in [0.2, 0.25) is 0 Å². The van der Waals surface area contributed by atoms with Crippen LogP contribution in [0.15, 0.2) is 70.3 Å². The van der Waals surface area contributed by atoms with Gasteiger partial charge in [0.05, 0.1) is 31.0 Å². The summed E-state index contributed by atoms with van der Waals surface area (Å²) in [6.45, 7) is 7.34. The number of methoxy groups -OCH3 is 1. The maximum Gasteiger partial charge on any atom is 0.335 e. The summed E-state index contributed by atoms with van der Waals surface area (Å²) in [6, 6.07) is 15.8. The maximum atomic E-state index is 13.5. The highest BCUT2D eigenvalue weighted by Gasteiger charge is 2.33. The van der Waals surface area contributed by atoms with Crippen LogP contribution in [-0.2, 0) is 26.0 Å². The van der Waals surface area contributed by atoms with E-state index < -0.39 is 5.97 Å². The molecule has 0 unspecified atom stereocenters. The Kier molecular flexibility index (Phi) is 9.01. The lowest BCUT2D eigenvalue weighted by molar-refractivity contribution is 0.0696. The van der Waals surface area contributed by atoms with Gasteiger partial charge in [-0.3, -0.25) is 4.79 Å². The van der Waals surface area contributed by atoms with Gasteiger partial charge in [0.25, 0.3) is 5.91 Å². The normalized spacial score (nSPS) is 14.8. The second-order valence-corrected chi connectivity index (χ2v) is 12.8. The number of furan rings is 1. The van der Waals surface area contributed by atoms with Crippen LogP contribution in [0.5, 0.6) is 11.5 Å². The van der Waals surface area contributed by atoms with E-state index in [0.29, 0.717) is 40.3 Å². The van der Waals surface area contributed by atoms with E-state index in [0.717, 1.165) is 36.0 Å². The predicted molar refractivity (Wildman–Crippen MR) is 167 cm³/mol. The number of aliphatic imine (C=N–C) groups is 1.